The molecule has 0 bridgehead atoms. The summed E-state index contributed by atoms with van der Waals surface area (Å²) < 4.78 is 5.06. The van der Waals surface area contributed by atoms with Crippen LogP contribution >= 0.6 is 0 Å². The molecule has 2 aliphatic heterocycles. The number of benzene rings is 2. The van der Waals surface area contributed by atoms with Crippen molar-refractivity contribution in [2.24, 2.45) is 5.10 Å². The molecule has 4 rings (SSSR count). The van der Waals surface area contributed by atoms with Crippen LogP contribution in [-0.2, 0) is 9.53 Å². The second kappa shape index (κ2) is 7.52. The van der Waals surface area contributed by atoms with Gasteiger partial charge in [-0.2, -0.15) is 0 Å². The van der Waals surface area contributed by atoms with Gasteiger partial charge < -0.3 is 9.64 Å². The lowest BCUT2D eigenvalue weighted by atomic mass is 9.94. The first-order chi connectivity index (χ1) is 13.9. The molecular formula is C23H28N4O2. The number of amidine groups is 1. The fourth-order valence-corrected chi connectivity index (χ4v) is 4.39. The Balaban J connectivity index is 1.79. The normalized spacial score (nSPS) is 24.7. The van der Waals surface area contributed by atoms with E-state index in [-0.39, 0.29) is 6.04 Å². The molecule has 0 aliphatic carbocycles. The number of methoxy groups -OCH3 is 1. The van der Waals surface area contributed by atoms with Crippen molar-refractivity contribution in [2.75, 3.05) is 32.3 Å². The van der Waals surface area contributed by atoms with Crippen LogP contribution in [0.15, 0.2) is 59.7 Å². The van der Waals surface area contributed by atoms with Crippen LogP contribution in [0.25, 0.3) is 0 Å². The molecule has 2 aromatic carbocycles. The highest BCUT2D eigenvalue weighted by atomic mass is 16.5. The SMILES string of the molecule is COC(=O)C1=NN(c2ccc(C)cc2)C2(C)CC(c3ccccc3)N(C)CCN12. The first kappa shape index (κ1) is 19.5. The molecule has 2 aliphatic rings. The highest BCUT2D eigenvalue weighted by molar-refractivity contribution is 6.36. The highest BCUT2D eigenvalue weighted by Crippen LogP contribution is 2.42. The lowest BCUT2D eigenvalue weighted by Crippen LogP contribution is -2.55. The zero-order valence-electron chi connectivity index (χ0n) is 17.5. The topological polar surface area (TPSA) is 48.4 Å². The fourth-order valence-electron chi connectivity index (χ4n) is 4.39. The largest absolute Gasteiger partial charge is 0.463 e. The Morgan fingerprint density at radius 1 is 1.10 bits per heavy atom. The molecule has 0 aromatic heterocycles. The molecule has 2 atom stereocenters. The minimum Gasteiger partial charge on any atom is -0.463 e. The van der Waals surface area contributed by atoms with Crippen LogP contribution in [0.5, 0.6) is 0 Å². The number of hydrogen-bond acceptors (Lipinski definition) is 6. The van der Waals surface area contributed by atoms with E-state index >= 15 is 0 Å². The standard InChI is InChI=1S/C23H28N4O2/c1-17-10-12-19(13-11-17)27-23(2)16-20(18-8-6-5-7-9-18)25(3)14-15-26(23)21(24-27)22(28)29-4/h5-13,20H,14-16H2,1-4H3. The maximum absolute atomic E-state index is 12.6. The molecule has 6 nitrogen and oxygen atoms in total. The number of ether oxygens (including phenoxy) is 1. The van der Waals surface area contributed by atoms with E-state index in [1.54, 1.807) is 0 Å². The van der Waals surface area contributed by atoms with E-state index in [9.17, 15) is 4.79 Å². The molecule has 0 spiro atoms. The summed E-state index contributed by atoms with van der Waals surface area (Å²) in [7, 11) is 3.56. The van der Waals surface area contributed by atoms with Crippen molar-refractivity contribution in [3.8, 4) is 0 Å². The summed E-state index contributed by atoms with van der Waals surface area (Å²) in [6.07, 6.45) is 0.797. The van der Waals surface area contributed by atoms with Crippen molar-refractivity contribution in [2.45, 2.75) is 32.0 Å². The van der Waals surface area contributed by atoms with Gasteiger partial charge in [0.25, 0.3) is 0 Å². The predicted molar refractivity (Wildman–Crippen MR) is 115 cm³/mol. The molecule has 2 aromatic rings. The number of rotatable bonds is 3. The summed E-state index contributed by atoms with van der Waals surface area (Å²) in [5, 5.41) is 6.75. The van der Waals surface area contributed by atoms with Crippen molar-refractivity contribution in [1.82, 2.24) is 9.80 Å². The lowest BCUT2D eigenvalue weighted by Gasteiger charge is -2.41. The maximum atomic E-state index is 12.6. The quantitative estimate of drug-likeness (QED) is 0.750. The predicted octanol–water partition coefficient (Wildman–Crippen LogP) is 3.40. The van der Waals surface area contributed by atoms with Gasteiger partial charge in [-0.3, -0.25) is 4.90 Å². The smallest absolute Gasteiger partial charge is 0.375 e. The Labute approximate surface area is 172 Å². The molecule has 2 unspecified atom stereocenters. The highest BCUT2D eigenvalue weighted by Gasteiger charge is 2.51. The third-order valence-electron chi connectivity index (χ3n) is 6.11. The van der Waals surface area contributed by atoms with E-state index in [0.29, 0.717) is 12.4 Å². The molecule has 1 saturated heterocycles. The molecule has 152 valence electrons. The van der Waals surface area contributed by atoms with Crippen LogP contribution in [0.1, 0.15) is 30.5 Å². The van der Waals surface area contributed by atoms with Gasteiger partial charge in [-0.1, -0.05) is 48.0 Å². The fraction of sp³-hybridized carbons (Fsp3) is 0.391. The van der Waals surface area contributed by atoms with Gasteiger partial charge in [0, 0.05) is 25.6 Å². The summed E-state index contributed by atoms with van der Waals surface area (Å²) in [6.45, 7) is 5.76. The number of nitrogens with zero attached hydrogens (tertiary/aromatic N) is 4. The Hall–Kier alpha value is -2.86. The average Bonchev–Trinajstić information content (AvgIpc) is 2.95. The first-order valence-corrected chi connectivity index (χ1v) is 10.0. The molecule has 0 amide bonds. The van der Waals surface area contributed by atoms with Gasteiger partial charge in [-0.15, -0.1) is 5.10 Å². The molecule has 1 fully saturated rings. The molecule has 6 heteroatoms. The number of carbonyl (C=O) groups excluding carboxylic acids is 1. The number of aryl methyl sites for hydroxylation is 1. The average molecular weight is 393 g/mol. The summed E-state index contributed by atoms with van der Waals surface area (Å²) in [4.78, 5) is 17.0. The third-order valence-corrected chi connectivity index (χ3v) is 6.11. The van der Waals surface area contributed by atoms with Crippen LogP contribution in [0, 0.1) is 6.92 Å². The minimum absolute atomic E-state index is 0.214. The molecular weight excluding hydrogens is 364 g/mol. The number of hydrogen-bond donors (Lipinski definition) is 0. The number of fused-ring (bicyclic) bond motifs is 1. The lowest BCUT2D eigenvalue weighted by molar-refractivity contribution is -0.133. The zero-order valence-corrected chi connectivity index (χ0v) is 17.5. The second-order valence-corrected chi connectivity index (χ2v) is 8.04. The summed E-state index contributed by atoms with van der Waals surface area (Å²) >= 11 is 0. The number of esters is 1. The maximum Gasteiger partial charge on any atom is 0.375 e. The number of carbonyl (C=O) groups is 1. The van der Waals surface area contributed by atoms with Crippen LogP contribution in [-0.4, -0.2) is 54.5 Å². The Morgan fingerprint density at radius 2 is 1.79 bits per heavy atom. The summed E-state index contributed by atoms with van der Waals surface area (Å²) in [6, 6.07) is 19.0. The Bertz CT molecular complexity index is 912. The van der Waals surface area contributed by atoms with Crippen LogP contribution in [0.4, 0.5) is 5.69 Å². The van der Waals surface area contributed by atoms with E-state index in [1.807, 2.05) is 11.1 Å². The van der Waals surface area contributed by atoms with Gasteiger partial charge >= 0.3 is 5.97 Å². The van der Waals surface area contributed by atoms with Gasteiger partial charge in [0.05, 0.1) is 12.8 Å². The van der Waals surface area contributed by atoms with Crippen molar-refractivity contribution < 1.29 is 9.53 Å². The summed E-state index contributed by atoms with van der Waals surface area (Å²) in [5.41, 5.74) is 2.95. The second-order valence-electron chi connectivity index (χ2n) is 8.04. The van der Waals surface area contributed by atoms with Gasteiger partial charge in [0.15, 0.2) is 0 Å². The molecule has 0 saturated carbocycles. The van der Waals surface area contributed by atoms with Gasteiger partial charge in [-0.25, -0.2) is 9.80 Å². The van der Waals surface area contributed by atoms with E-state index in [2.05, 4.69) is 79.2 Å². The van der Waals surface area contributed by atoms with E-state index in [4.69, 9.17) is 9.84 Å². The molecule has 29 heavy (non-hydrogen) atoms. The zero-order chi connectivity index (χ0) is 20.6. The van der Waals surface area contributed by atoms with Gasteiger partial charge in [-0.05, 0) is 38.6 Å². The number of likely N-dealkylation sites (N-methyl/N-ethyl adjacent to an activating group) is 1. The van der Waals surface area contributed by atoms with Crippen LogP contribution in [0.2, 0.25) is 0 Å². The molecule has 2 heterocycles. The van der Waals surface area contributed by atoms with Gasteiger partial charge in [0.1, 0.15) is 5.66 Å². The van der Waals surface area contributed by atoms with Gasteiger partial charge in [0.2, 0.25) is 5.84 Å². The molecule has 0 N–H and O–H groups in total. The van der Waals surface area contributed by atoms with Crippen molar-refractivity contribution in [1.29, 1.82) is 0 Å². The minimum atomic E-state index is -0.482. The summed E-state index contributed by atoms with van der Waals surface area (Å²) in [5.74, 6) is -0.0238. The van der Waals surface area contributed by atoms with Crippen molar-refractivity contribution >= 4 is 17.5 Å². The number of anilines is 1. The Kier molecular flexibility index (Phi) is 5.04. The van der Waals surface area contributed by atoms with Crippen LogP contribution < -0.4 is 5.01 Å². The molecule has 0 radical (unpaired) electrons. The van der Waals surface area contributed by atoms with E-state index in [1.165, 1.54) is 18.2 Å². The van der Waals surface area contributed by atoms with Crippen molar-refractivity contribution in [3.63, 3.8) is 0 Å². The monoisotopic (exact) mass is 392 g/mol. The van der Waals surface area contributed by atoms with E-state index < -0.39 is 11.6 Å². The Morgan fingerprint density at radius 3 is 2.45 bits per heavy atom. The number of hydrazone groups is 1. The van der Waals surface area contributed by atoms with E-state index in [0.717, 1.165) is 18.7 Å². The van der Waals surface area contributed by atoms with Crippen molar-refractivity contribution in [3.05, 3.63) is 65.7 Å². The van der Waals surface area contributed by atoms with Crippen LogP contribution in [0.3, 0.4) is 0 Å². The first-order valence-electron chi connectivity index (χ1n) is 10.0. The third kappa shape index (κ3) is 3.38.